The van der Waals surface area contributed by atoms with Crippen LogP contribution in [0.25, 0.3) is 0 Å². The minimum Gasteiger partial charge on any atom is -0.381 e. The molecule has 1 saturated carbocycles. The largest absolute Gasteiger partial charge is 0.381 e. The molecule has 1 fully saturated rings. The van der Waals surface area contributed by atoms with Crippen molar-refractivity contribution in [2.24, 2.45) is 5.92 Å². The fourth-order valence-electron chi connectivity index (χ4n) is 2.63. The van der Waals surface area contributed by atoms with E-state index in [2.05, 4.69) is 42.6 Å². The summed E-state index contributed by atoms with van der Waals surface area (Å²) in [6, 6.07) is 11.2. The highest BCUT2D eigenvalue weighted by molar-refractivity contribution is 5.52. The van der Waals surface area contributed by atoms with Crippen molar-refractivity contribution in [2.45, 2.75) is 45.1 Å². The molecule has 2 unspecified atom stereocenters. The van der Waals surface area contributed by atoms with Gasteiger partial charge in [-0.15, -0.1) is 0 Å². The van der Waals surface area contributed by atoms with Crippen molar-refractivity contribution in [1.29, 1.82) is 5.26 Å². The molecular formula is C15H20N2. The third-order valence-corrected chi connectivity index (χ3v) is 3.67. The Hall–Kier alpha value is -1.49. The van der Waals surface area contributed by atoms with E-state index in [1.165, 1.54) is 24.1 Å². The number of benzene rings is 1. The van der Waals surface area contributed by atoms with E-state index >= 15 is 0 Å². The van der Waals surface area contributed by atoms with Crippen LogP contribution in [0.1, 0.15) is 38.2 Å². The number of para-hydroxylation sites is 1. The van der Waals surface area contributed by atoms with Crippen LogP contribution in [0.3, 0.4) is 0 Å². The number of aryl methyl sites for hydroxylation is 1. The van der Waals surface area contributed by atoms with Crippen LogP contribution in [0.5, 0.6) is 0 Å². The molecule has 0 bridgehead atoms. The van der Waals surface area contributed by atoms with Gasteiger partial charge in [-0.05, 0) is 30.9 Å². The monoisotopic (exact) mass is 228 g/mol. The zero-order valence-corrected chi connectivity index (χ0v) is 10.4. The third kappa shape index (κ3) is 2.79. The van der Waals surface area contributed by atoms with E-state index in [1.807, 2.05) is 0 Å². The maximum absolute atomic E-state index is 9.18. The Balaban J connectivity index is 2.11. The van der Waals surface area contributed by atoms with Crippen LogP contribution in [-0.4, -0.2) is 6.04 Å². The second-order valence-corrected chi connectivity index (χ2v) is 4.78. The number of nitrogens with zero attached hydrogens (tertiary/aromatic N) is 1. The molecule has 0 saturated heterocycles. The van der Waals surface area contributed by atoms with E-state index in [1.54, 1.807) is 0 Å². The Bertz CT molecular complexity index is 406. The zero-order chi connectivity index (χ0) is 12.1. The first-order valence-corrected chi connectivity index (χ1v) is 6.59. The lowest BCUT2D eigenvalue weighted by atomic mass is 9.85. The lowest BCUT2D eigenvalue weighted by molar-refractivity contribution is 0.388. The molecule has 90 valence electrons. The van der Waals surface area contributed by atoms with Gasteiger partial charge in [-0.2, -0.15) is 5.26 Å². The highest BCUT2D eigenvalue weighted by Gasteiger charge is 2.24. The first-order valence-electron chi connectivity index (χ1n) is 6.59. The molecule has 2 heteroatoms. The molecule has 2 nitrogen and oxygen atoms in total. The summed E-state index contributed by atoms with van der Waals surface area (Å²) in [5, 5.41) is 12.8. The fraction of sp³-hybridized carbons (Fsp3) is 0.533. The predicted octanol–water partition coefficient (Wildman–Crippen LogP) is 3.74. The lowest BCUT2D eigenvalue weighted by Gasteiger charge is -2.29. The Labute approximate surface area is 104 Å². The minimum atomic E-state index is 0.175. The smallest absolute Gasteiger partial charge is 0.0677 e. The highest BCUT2D eigenvalue weighted by atomic mass is 14.9. The molecule has 1 N–H and O–H groups in total. The van der Waals surface area contributed by atoms with Crippen molar-refractivity contribution in [3.8, 4) is 6.07 Å². The van der Waals surface area contributed by atoms with E-state index in [0.717, 1.165) is 19.3 Å². The van der Waals surface area contributed by atoms with Gasteiger partial charge in [0, 0.05) is 11.7 Å². The third-order valence-electron chi connectivity index (χ3n) is 3.67. The molecule has 0 heterocycles. The van der Waals surface area contributed by atoms with Crippen LogP contribution in [0, 0.1) is 17.2 Å². The molecule has 1 aliphatic carbocycles. The summed E-state index contributed by atoms with van der Waals surface area (Å²) in [6.45, 7) is 2.17. The molecule has 0 amide bonds. The molecular weight excluding hydrogens is 208 g/mol. The summed E-state index contributed by atoms with van der Waals surface area (Å²) >= 11 is 0. The predicted molar refractivity (Wildman–Crippen MR) is 70.8 cm³/mol. The molecule has 2 rings (SSSR count). The van der Waals surface area contributed by atoms with Gasteiger partial charge >= 0.3 is 0 Å². The molecule has 1 aromatic rings. The number of anilines is 1. The Morgan fingerprint density at radius 2 is 2.06 bits per heavy atom. The van der Waals surface area contributed by atoms with E-state index in [4.69, 9.17) is 0 Å². The number of nitrogens with one attached hydrogen (secondary N) is 1. The second-order valence-electron chi connectivity index (χ2n) is 4.78. The van der Waals surface area contributed by atoms with Crippen molar-refractivity contribution < 1.29 is 0 Å². The first-order chi connectivity index (χ1) is 8.35. The molecule has 0 spiro atoms. The van der Waals surface area contributed by atoms with Crippen LogP contribution < -0.4 is 5.32 Å². The number of rotatable bonds is 3. The van der Waals surface area contributed by atoms with Crippen molar-refractivity contribution in [3.63, 3.8) is 0 Å². The Kier molecular flexibility index (Phi) is 4.03. The Morgan fingerprint density at radius 1 is 1.29 bits per heavy atom. The van der Waals surface area contributed by atoms with E-state index in [-0.39, 0.29) is 5.92 Å². The first kappa shape index (κ1) is 12.0. The molecule has 1 aliphatic rings. The van der Waals surface area contributed by atoms with Crippen LogP contribution >= 0.6 is 0 Å². The van der Waals surface area contributed by atoms with Gasteiger partial charge in [0.15, 0.2) is 0 Å². The average molecular weight is 228 g/mol. The van der Waals surface area contributed by atoms with E-state index < -0.39 is 0 Å². The molecule has 0 radical (unpaired) electrons. The van der Waals surface area contributed by atoms with Gasteiger partial charge in [0.25, 0.3) is 0 Å². The van der Waals surface area contributed by atoms with Gasteiger partial charge in [0.05, 0.1) is 12.0 Å². The minimum absolute atomic E-state index is 0.175. The molecule has 1 aromatic carbocycles. The SMILES string of the molecule is CCc1ccccc1NC1CCCCC1C#N. The summed E-state index contributed by atoms with van der Waals surface area (Å²) in [5.74, 6) is 0.175. The zero-order valence-electron chi connectivity index (χ0n) is 10.4. The maximum Gasteiger partial charge on any atom is 0.0677 e. The molecule has 0 aromatic heterocycles. The normalized spacial score (nSPS) is 24.0. The molecule has 2 atom stereocenters. The number of nitriles is 1. The van der Waals surface area contributed by atoms with E-state index in [0.29, 0.717) is 6.04 Å². The number of hydrogen-bond donors (Lipinski definition) is 1. The topological polar surface area (TPSA) is 35.8 Å². The van der Waals surface area contributed by atoms with Crippen molar-refractivity contribution in [1.82, 2.24) is 0 Å². The van der Waals surface area contributed by atoms with Gasteiger partial charge in [0.2, 0.25) is 0 Å². The summed E-state index contributed by atoms with van der Waals surface area (Å²) in [7, 11) is 0. The number of hydrogen-bond acceptors (Lipinski definition) is 2. The Morgan fingerprint density at radius 3 is 2.82 bits per heavy atom. The van der Waals surface area contributed by atoms with Gasteiger partial charge < -0.3 is 5.32 Å². The van der Waals surface area contributed by atoms with Gasteiger partial charge in [-0.3, -0.25) is 0 Å². The summed E-state index contributed by atoms with van der Waals surface area (Å²) in [4.78, 5) is 0. The van der Waals surface area contributed by atoms with Crippen LogP contribution in [0.2, 0.25) is 0 Å². The van der Waals surface area contributed by atoms with Crippen molar-refractivity contribution in [2.75, 3.05) is 5.32 Å². The highest BCUT2D eigenvalue weighted by Crippen LogP contribution is 2.28. The van der Waals surface area contributed by atoms with Crippen LogP contribution in [0.15, 0.2) is 24.3 Å². The molecule has 17 heavy (non-hydrogen) atoms. The fourth-order valence-corrected chi connectivity index (χ4v) is 2.63. The standard InChI is InChI=1S/C15H20N2/c1-2-12-7-3-5-9-14(12)17-15-10-6-4-8-13(15)11-16/h3,5,7,9,13,15,17H,2,4,6,8,10H2,1H3. The summed E-state index contributed by atoms with van der Waals surface area (Å²) in [6.07, 6.45) is 5.64. The summed E-state index contributed by atoms with van der Waals surface area (Å²) in [5.41, 5.74) is 2.55. The van der Waals surface area contributed by atoms with Gasteiger partial charge in [0.1, 0.15) is 0 Å². The van der Waals surface area contributed by atoms with Gasteiger partial charge in [-0.25, -0.2) is 0 Å². The maximum atomic E-state index is 9.18. The lowest BCUT2D eigenvalue weighted by Crippen LogP contribution is -2.31. The van der Waals surface area contributed by atoms with E-state index in [9.17, 15) is 5.26 Å². The van der Waals surface area contributed by atoms with Crippen molar-refractivity contribution in [3.05, 3.63) is 29.8 Å². The average Bonchev–Trinajstić information content (AvgIpc) is 2.40. The summed E-state index contributed by atoms with van der Waals surface area (Å²) < 4.78 is 0. The van der Waals surface area contributed by atoms with Crippen LogP contribution in [0.4, 0.5) is 5.69 Å². The van der Waals surface area contributed by atoms with Crippen LogP contribution in [-0.2, 0) is 6.42 Å². The second kappa shape index (κ2) is 5.72. The quantitative estimate of drug-likeness (QED) is 0.855. The molecule has 0 aliphatic heterocycles. The van der Waals surface area contributed by atoms with Gasteiger partial charge in [-0.1, -0.05) is 38.0 Å². The van der Waals surface area contributed by atoms with Crippen molar-refractivity contribution >= 4 is 5.69 Å².